The smallest absolute Gasteiger partial charge is 0.388 e. The Balaban J connectivity index is 0.000000172. The Morgan fingerprint density at radius 1 is 0.557 bits per heavy atom. The minimum Gasteiger partial charge on any atom is -0.481 e. The number of rotatable bonds is 19. The highest BCUT2D eigenvalue weighted by Crippen LogP contribution is 2.43. The number of methoxy groups -OCH3 is 2. The number of aromatic nitrogens is 9. The fraction of sp³-hybridized carbons (Fsp3) is 0.482. The van der Waals surface area contributed by atoms with Gasteiger partial charge in [-0.2, -0.15) is 19.3 Å². The molecule has 3 atom stereocenters. The molecule has 0 radical (unpaired) electrons. The molecule has 0 unspecified atom stereocenters. The molecule has 0 aromatic carbocycles. The van der Waals surface area contributed by atoms with Crippen LogP contribution < -0.4 is 46.8 Å². The number of nitrogens with zero attached hydrogens (tertiary/aromatic N) is 11. The van der Waals surface area contributed by atoms with Crippen LogP contribution in [0.3, 0.4) is 0 Å². The molecule has 3 N–H and O–H groups in total. The first kappa shape index (κ1) is 58.7. The summed E-state index contributed by atoms with van der Waals surface area (Å²) in [6.07, 6.45) is 13.9. The van der Waals surface area contributed by atoms with Crippen LogP contribution >= 0.6 is 11.6 Å². The summed E-state index contributed by atoms with van der Waals surface area (Å²) in [6, 6.07) is 9.66. The van der Waals surface area contributed by atoms with Crippen molar-refractivity contribution < 1.29 is 23.0 Å². The molecule has 9 rings (SSSR count). The summed E-state index contributed by atoms with van der Waals surface area (Å²) in [5.41, 5.74) is 5.37. The van der Waals surface area contributed by atoms with Crippen LogP contribution in [0.5, 0.6) is 17.6 Å². The molecule has 3 fully saturated rings. The van der Waals surface area contributed by atoms with Crippen molar-refractivity contribution in [3.63, 3.8) is 0 Å². The van der Waals surface area contributed by atoms with Crippen LogP contribution in [0.25, 0.3) is 0 Å². The zero-order valence-corrected chi connectivity index (χ0v) is 47.1. The third-order valence-electron chi connectivity index (χ3n) is 14.2. The molecule has 0 saturated heterocycles. The highest BCUT2D eigenvalue weighted by atomic mass is 35.5. The average molecular weight is 1110 g/mol. The first-order chi connectivity index (χ1) is 37.7. The van der Waals surface area contributed by atoms with E-state index in [1.54, 1.807) is 60.2 Å². The summed E-state index contributed by atoms with van der Waals surface area (Å²) in [6.45, 7) is 13.8. The molecule has 23 heteroatoms. The summed E-state index contributed by atoms with van der Waals surface area (Å²) in [5, 5.41) is 28.0. The second-order valence-corrected chi connectivity index (χ2v) is 20.4. The quantitative estimate of drug-likeness (QED) is 0.0681. The number of hydrogen-bond donors (Lipinski definition) is 3. The maximum Gasteiger partial charge on any atom is 0.388 e. The third-order valence-corrected chi connectivity index (χ3v) is 14.4. The average Bonchev–Trinajstić information content (AvgIpc) is 4.25. The van der Waals surface area contributed by atoms with E-state index in [1.807, 2.05) is 52.8 Å². The monoisotopic (exact) mass is 1100 g/mol. The maximum atomic E-state index is 13.0. The molecule has 0 bridgehead atoms. The van der Waals surface area contributed by atoms with Crippen LogP contribution in [0.1, 0.15) is 142 Å². The largest absolute Gasteiger partial charge is 0.481 e. The lowest BCUT2D eigenvalue weighted by molar-refractivity contribution is -0.0533. The minimum absolute atomic E-state index is 0.00461. The Morgan fingerprint density at radius 2 is 0.873 bits per heavy atom. The minimum atomic E-state index is -2.97. The van der Waals surface area contributed by atoms with Crippen LogP contribution in [-0.4, -0.2) is 64.4 Å². The van der Waals surface area contributed by atoms with Crippen LogP contribution in [-0.2, 0) is 0 Å². The number of anilines is 6. The highest BCUT2D eigenvalue weighted by molar-refractivity contribution is 6.29. The number of alkyl halides is 2. The van der Waals surface area contributed by atoms with Crippen molar-refractivity contribution in [3.8, 4) is 29.8 Å². The fourth-order valence-corrected chi connectivity index (χ4v) is 9.92. The van der Waals surface area contributed by atoms with Crippen molar-refractivity contribution in [1.82, 2.24) is 43.6 Å². The molecular weight excluding hydrogens is 1040 g/mol. The Kier molecular flexibility index (Phi) is 19.1. The van der Waals surface area contributed by atoms with Crippen LogP contribution in [0, 0.1) is 82.0 Å². The molecule has 6 aromatic rings. The number of aryl methyl sites for hydroxylation is 6. The van der Waals surface area contributed by atoms with Gasteiger partial charge in [-0.05, 0) is 135 Å². The summed E-state index contributed by atoms with van der Waals surface area (Å²) in [4.78, 5) is 64.2. The molecule has 0 aliphatic heterocycles. The van der Waals surface area contributed by atoms with Crippen LogP contribution in [0.15, 0.2) is 51.2 Å². The van der Waals surface area contributed by atoms with E-state index in [-0.39, 0.29) is 69.5 Å². The first-order valence-electron chi connectivity index (χ1n) is 26.4. The van der Waals surface area contributed by atoms with E-state index in [0.29, 0.717) is 63.0 Å². The second kappa shape index (κ2) is 25.7. The van der Waals surface area contributed by atoms with Gasteiger partial charge in [-0.15, -0.1) is 0 Å². The van der Waals surface area contributed by atoms with E-state index < -0.39 is 6.61 Å². The lowest BCUT2D eigenvalue weighted by atomic mass is 10.1. The van der Waals surface area contributed by atoms with Crippen LogP contribution in [0.2, 0.25) is 5.15 Å². The lowest BCUT2D eigenvalue weighted by Crippen LogP contribution is -2.29. The van der Waals surface area contributed by atoms with E-state index in [4.69, 9.17) is 21.1 Å². The Bertz CT molecular complexity index is 3470. The van der Waals surface area contributed by atoms with Crippen molar-refractivity contribution in [1.29, 1.82) is 10.5 Å². The molecule has 3 saturated carbocycles. The third kappa shape index (κ3) is 14.2. The van der Waals surface area contributed by atoms with Gasteiger partial charge in [0.15, 0.2) is 28.8 Å². The van der Waals surface area contributed by atoms with Gasteiger partial charge in [0.25, 0.3) is 16.7 Å². The van der Waals surface area contributed by atoms with E-state index >= 15 is 0 Å². The molecule has 3 aliphatic rings. The van der Waals surface area contributed by atoms with Gasteiger partial charge < -0.3 is 43.9 Å². The summed E-state index contributed by atoms with van der Waals surface area (Å²) in [7, 11) is 3.16. The normalized spacial score (nSPS) is 14.7. The molecular formula is C56H67ClF2N14O6. The van der Waals surface area contributed by atoms with Crippen molar-refractivity contribution in [2.45, 2.75) is 145 Å². The van der Waals surface area contributed by atoms with Crippen molar-refractivity contribution >= 4 is 46.1 Å². The van der Waals surface area contributed by atoms with Gasteiger partial charge in [0.1, 0.15) is 17.3 Å². The van der Waals surface area contributed by atoms with E-state index in [9.17, 15) is 33.7 Å². The lowest BCUT2D eigenvalue weighted by Gasteiger charge is -2.19. The van der Waals surface area contributed by atoms with E-state index in [2.05, 4.69) is 70.5 Å². The van der Waals surface area contributed by atoms with E-state index in [1.165, 1.54) is 6.20 Å². The number of ether oxygens (including phenoxy) is 3. The predicted octanol–water partition coefficient (Wildman–Crippen LogP) is 11.1. The molecule has 0 amide bonds. The molecule has 6 heterocycles. The van der Waals surface area contributed by atoms with Crippen molar-refractivity contribution in [2.24, 2.45) is 17.8 Å². The standard InChI is InChI=1S/C19H21F2N5O2.C19H23N5O2.C18H23ClN4O2/c1-4-15(12-5-6-12)26-9-13(8-22)24-16(18(26)27)25-14-7-10(2)17(23-11(14)3)28-19(20)21;1-5-16(13-6-7-13)24-10-14(9-20)22-17(19(24)25)23-15-8-11(2)18(26-4)21-12(15)3;1-5-14(12-6-7-12)23-9-15(19)22-16(18(23)24)21-13-8-10(2)17(25-4)20-11(13)3/h7,9,12,15,19H,4-6H2,1-3H3,(H,24,25);8,10,13,16H,5-7H2,1-4H3,(H,22,23);8-9,12,14H,5-7H2,1-4H3,(H,21,22)/t15-;16-;14-/m111/s1. The molecule has 79 heavy (non-hydrogen) atoms. The number of nitrogens with one attached hydrogen (secondary N) is 3. The van der Waals surface area contributed by atoms with Gasteiger partial charge in [0, 0.05) is 53.4 Å². The highest BCUT2D eigenvalue weighted by Gasteiger charge is 2.35. The Hall–Kier alpha value is -7.98. The fourth-order valence-electron chi connectivity index (χ4n) is 9.73. The second-order valence-electron chi connectivity index (χ2n) is 20.1. The number of hydrogen-bond acceptors (Lipinski definition) is 17. The SMILES string of the molecule is CC[C@H](C1CC1)n1cc(C#N)nc(Nc2cc(C)c(OC(F)F)nc2C)c1=O.CC[C@H](C1CC1)n1cc(C#N)nc(Nc2cc(C)c(OC)nc2C)c1=O.CC[C@H](C1CC1)n1cc(Cl)nc(Nc2cc(C)c(OC)nc2C)c1=O. The van der Waals surface area contributed by atoms with E-state index in [0.717, 1.165) is 80.3 Å². The van der Waals surface area contributed by atoms with Crippen molar-refractivity contribution in [2.75, 3.05) is 30.2 Å². The first-order valence-corrected chi connectivity index (χ1v) is 26.8. The Morgan fingerprint density at radius 3 is 1.18 bits per heavy atom. The van der Waals surface area contributed by atoms with Gasteiger partial charge in [-0.3, -0.25) is 14.4 Å². The molecule has 3 aliphatic carbocycles. The topological polar surface area (TPSA) is 255 Å². The number of halogens is 3. The zero-order valence-electron chi connectivity index (χ0n) is 46.4. The van der Waals surface area contributed by atoms with Gasteiger partial charge >= 0.3 is 6.61 Å². The molecule has 6 aromatic heterocycles. The van der Waals surface area contributed by atoms with Crippen molar-refractivity contribution in [3.05, 3.63) is 118 Å². The van der Waals surface area contributed by atoms with Gasteiger partial charge in [-0.25, -0.2) is 29.9 Å². The van der Waals surface area contributed by atoms with Gasteiger partial charge in [-0.1, -0.05) is 32.4 Å². The summed E-state index contributed by atoms with van der Waals surface area (Å²) in [5.74, 6) is 2.81. The molecule has 418 valence electrons. The summed E-state index contributed by atoms with van der Waals surface area (Å²) < 4.78 is 44.8. The van der Waals surface area contributed by atoms with Crippen LogP contribution in [0.4, 0.5) is 43.3 Å². The summed E-state index contributed by atoms with van der Waals surface area (Å²) >= 11 is 6.19. The predicted molar refractivity (Wildman–Crippen MR) is 297 cm³/mol. The van der Waals surface area contributed by atoms with Gasteiger partial charge in [0.05, 0.1) is 48.4 Å². The maximum absolute atomic E-state index is 13.0. The zero-order chi connectivity index (χ0) is 57.4. The Labute approximate surface area is 462 Å². The molecule has 20 nitrogen and oxygen atoms in total. The molecule has 0 spiro atoms. The van der Waals surface area contributed by atoms with Gasteiger partial charge in [0.2, 0.25) is 17.6 Å². The number of pyridine rings is 3. The number of nitriles is 2.